The molecule has 0 aliphatic rings. The van der Waals surface area contributed by atoms with Crippen LogP contribution in [0.1, 0.15) is 49.5 Å². The highest BCUT2D eigenvalue weighted by atomic mass is 16.5. The number of aromatic hydroxyl groups is 1. The van der Waals surface area contributed by atoms with Crippen LogP contribution in [-0.4, -0.2) is 24.2 Å². The third kappa shape index (κ3) is 7.10. The van der Waals surface area contributed by atoms with Crippen molar-refractivity contribution in [3.05, 3.63) is 94.4 Å². The summed E-state index contributed by atoms with van der Waals surface area (Å²) in [6.07, 6.45) is 10.5. The first kappa shape index (κ1) is 25.8. The lowest BCUT2D eigenvalue weighted by atomic mass is 9.99. The van der Waals surface area contributed by atoms with Crippen molar-refractivity contribution in [2.75, 3.05) is 13.2 Å². The zero-order valence-electron chi connectivity index (χ0n) is 20.9. The van der Waals surface area contributed by atoms with Gasteiger partial charge in [-0.15, -0.1) is 0 Å². The van der Waals surface area contributed by atoms with E-state index in [4.69, 9.17) is 4.74 Å². The van der Waals surface area contributed by atoms with Gasteiger partial charge in [0.15, 0.2) is 0 Å². The highest BCUT2D eigenvalue weighted by Gasteiger charge is 2.13. The Kier molecular flexibility index (Phi) is 9.73. The van der Waals surface area contributed by atoms with Crippen molar-refractivity contribution in [1.29, 1.82) is 0 Å². The van der Waals surface area contributed by atoms with Crippen LogP contribution in [0.3, 0.4) is 0 Å². The maximum absolute atomic E-state index is 12.9. The number of carbonyl (C=O) groups excluding carboxylic acids is 1. The van der Waals surface area contributed by atoms with Crippen LogP contribution in [0.15, 0.2) is 72.8 Å². The fourth-order valence-corrected chi connectivity index (χ4v) is 4.00. The van der Waals surface area contributed by atoms with Crippen LogP contribution in [-0.2, 0) is 6.42 Å². The van der Waals surface area contributed by atoms with E-state index in [1.807, 2.05) is 81.5 Å². The van der Waals surface area contributed by atoms with Gasteiger partial charge in [-0.2, -0.15) is 0 Å². The van der Waals surface area contributed by atoms with Crippen LogP contribution in [0.25, 0.3) is 23.3 Å². The van der Waals surface area contributed by atoms with E-state index in [2.05, 4.69) is 17.4 Å². The van der Waals surface area contributed by atoms with E-state index in [-0.39, 0.29) is 11.7 Å². The van der Waals surface area contributed by atoms with Gasteiger partial charge in [-0.3, -0.25) is 4.79 Å². The van der Waals surface area contributed by atoms with Crippen LogP contribution < -0.4 is 20.5 Å². The van der Waals surface area contributed by atoms with Crippen LogP contribution in [0.5, 0.6) is 11.5 Å². The Labute approximate surface area is 208 Å². The minimum Gasteiger partial charge on any atom is -0.507 e. The van der Waals surface area contributed by atoms with Crippen molar-refractivity contribution < 1.29 is 14.6 Å². The maximum Gasteiger partial charge on any atom is 0.251 e. The van der Waals surface area contributed by atoms with Gasteiger partial charge in [0.2, 0.25) is 0 Å². The van der Waals surface area contributed by atoms with Gasteiger partial charge in [-0.1, -0.05) is 61.6 Å². The van der Waals surface area contributed by atoms with Crippen molar-refractivity contribution in [3.63, 3.8) is 0 Å². The Bertz CT molecular complexity index is 1280. The molecule has 1 amide bonds. The second-order valence-electron chi connectivity index (χ2n) is 8.29. The van der Waals surface area contributed by atoms with Gasteiger partial charge < -0.3 is 15.2 Å². The summed E-state index contributed by atoms with van der Waals surface area (Å²) in [4.78, 5) is 12.9. The molecule has 0 saturated carbocycles. The molecule has 4 heteroatoms. The predicted molar refractivity (Wildman–Crippen MR) is 145 cm³/mol. The van der Waals surface area contributed by atoms with Crippen LogP contribution in [0, 0.1) is 0 Å². The molecule has 3 aromatic carbocycles. The molecule has 0 aliphatic carbocycles. The lowest BCUT2D eigenvalue weighted by molar-refractivity contribution is 0.0953. The summed E-state index contributed by atoms with van der Waals surface area (Å²) in [5, 5.41) is 15.6. The normalized spacial score (nSPS) is 12.3. The number of ether oxygens (including phenoxy) is 1. The molecule has 0 spiro atoms. The number of benzene rings is 3. The summed E-state index contributed by atoms with van der Waals surface area (Å²) in [5.41, 5.74) is 3.40. The largest absolute Gasteiger partial charge is 0.507 e. The van der Waals surface area contributed by atoms with Crippen molar-refractivity contribution >= 4 is 18.1 Å². The molecule has 2 N–H and O–H groups in total. The van der Waals surface area contributed by atoms with E-state index in [0.717, 1.165) is 40.8 Å². The number of hydrogen-bond acceptors (Lipinski definition) is 3. The first-order chi connectivity index (χ1) is 17.1. The SMILES string of the molecule is C\C=C/C=c1/cc(-c2cc(C(=O)NCCCc3ccccc3)ccc2OCC)cc(O)/c1=C\CC. The van der Waals surface area contributed by atoms with Crippen molar-refractivity contribution in [2.24, 2.45) is 0 Å². The van der Waals surface area contributed by atoms with Crippen LogP contribution >= 0.6 is 0 Å². The number of hydrogen-bond donors (Lipinski definition) is 2. The lowest BCUT2D eigenvalue weighted by Crippen LogP contribution is -2.25. The highest BCUT2D eigenvalue weighted by Crippen LogP contribution is 2.31. The van der Waals surface area contributed by atoms with Gasteiger partial charge >= 0.3 is 0 Å². The van der Waals surface area contributed by atoms with Crippen LogP contribution in [0.4, 0.5) is 0 Å². The molecule has 0 aliphatic heterocycles. The summed E-state index contributed by atoms with van der Waals surface area (Å²) < 4.78 is 5.87. The van der Waals surface area contributed by atoms with E-state index in [9.17, 15) is 9.90 Å². The Morgan fingerprint density at radius 1 is 1.06 bits per heavy atom. The number of amides is 1. The third-order valence-corrected chi connectivity index (χ3v) is 5.69. The van der Waals surface area contributed by atoms with Crippen molar-refractivity contribution in [3.8, 4) is 22.6 Å². The Balaban J connectivity index is 1.90. The number of allylic oxidation sites excluding steroid dienone is 2. The molecule has 182 valence electrons. The van der Waals surface area contributed by atoms with E-state index < -0.39 is 0 Å². The molecule has 0 fully saturated rings. The second kappa shape index (κ2) is 13.2. The fraction of sp³-hybridized carbons (Fsp3) is 0.258. The van der Waals surface area contributed by atoms with Gasteiger partial charge in [0, 0.05) is 22.9 Å². The van der Waals surface area contributed by atoms with Crippen LogP contribution in [0.2, 0.25) is 0 Å². The minimum absolute atomic E-state index is 0.122. The molecule has 0 heterocycles. The summed E-state index contributed by atoms with van der Waals surface area (Å²) in [6.45, 7) is 7.03. The number of aryl methyl sites for hydroxylation is 1. The molecular formula is C31H35NO3. The monoisotopic (exact) mass is 469 g/mol. The number of phenolic OH excluding ortho intramolecular Hbond substituents is 1. The lowest BCUT2D eigenvalue weighted by Gasteiger charge is -2.14. The molecule has 3 rings (SSSR count). The first-order valence-corrected chi connectivity index (χ1v) is 12.3. The average Bonchev–Trinajstić information content (AvgIpc) is 2.87. The second-order valence-corrected chi connectivity index (χ2v) is 8.29. The summed E-state index contributed by atoms with van der Waals surface area (Å²) in [5.74, 6) is 0.762. The Morgan fingerprint density at radius 3 is 2.57 bits per heavy atom. The van der Waals surface area contributed by atoms with E-state index in [1.54, 1.807) is 12.1 Å². The van der Waals surface area contributed by atoms with E-state index >= 15 is 0 Å². The fourth-order valence-electron chi connectivity index (χ4n) is 4.00. The standard InChI is InChI=1S/C31H35NO3/c1-4-7-16-24-20-26(22-29(33)27(24)12-5-2)28-21-25(17-18-30(28)35-6-3)31(34)32-19-11-15-23-13-9-8-10-14-23/h4,7-10,12-14,16-18,20-22,33H,5-6,11,15,19H2,1-3H3,(H,32,34)/b7-4-,24-16-,27-12-. The summed E-state index contributed by atoms with van der Waals surface area (Å²) in [7, 11) is 0. The van der Waals surface area contributed by atoms with Gasteiger partial charge in [0.05, 0.1) is 6.61 Å². The average molecular weight is 470 g/mol. The molecule has 0 unspecified atom stereocenters. The molecule has 0 aromatic heterocycles. The summed E-state index contributed by atoms with van der Waals surface area (Å²) >= 11 is 0. The molecule has 4 nitrogen and oxygen atoms in total. The third-order valence-electron chi connectivity index (χ3n) is 5.69. The molecule has 0 saturated heterocycles. The van der Waals surface area contributed by atoms with Crippen molar-refractivity contribution in [2.45, 2.75) is 40.0 Å². The van der Waals surface area contributed by atoms with Gasteiger partial charge in [-0.25, -0.2) is 0 Å². The minimum atomic E-state index is -0.122. The number of nitrogens with one attached hydrogen (secondary N) is 1. The molecule has 35 heavy (non-hydrogen) atoms. The molecule has 3 aromatic rings. The summed E-state index contributed by atoms with van der Waals surface area (Å²) in [6, 6.07) is 19.5. The smallest absolute Gasteiger partial charge is 0.251 e. The van der Waals surface area contributed by atoms with E-state index in [1.165, 1.54) is 5.56 Å². The zero-order chi connectivity index (χ0) is 25.0. The topological polar surface area (TPSA) is 58.6 Å². The highest BCUT2D eigenvalue weighted by molar-refractivity contribution is 5.96. The molecule has 0 bridgehead atoms. The van der Waals surface area contributed by atoms with Gasteiger partial charge in [0.1, 0.15) is 11.5 Å². The molecular weight excluding hydrogens is 434 g/mol. The van der Waals surface area contributed by atoms with Crippen molar-refractivity contribution in [1.82, 2.24) is 5.32 Å². The first-order valence-electron chi connectivity index (χ1n) is 12.3. The Hall–Kier alpha value is -3.79. The quantitative estimate of drug-likeness (QED) is 0.393. The number of carbonyl (C=O) groups is 1. The zero-order valence-corrected chi connectivity index (χ0v) is 20.9. The van der Waals surface area contributed by atoms with E-state index in [0.29, 0.717) is 24.5 Å². The van der Waals surface area contributed by atoms with Gasteiger partial charge in [-0.05, 0) is 79.8 Å². The molecule has 0 radical (unpaired) electrons. The maximum atomic E-state index is 12.9. The number of rotatable bonds is 10. The number of phenols is 1. The predicted octanol–water partition coefficient (Wildman–Crippen LogP) is 5.37. The molecule has 0 atom stereocenters. The van der Waals surface area contributed by atoms with Gasteiger partial charge in [0.25, 0.3) is 5.91 Å². The Morgan fingerprint density at radius 2 is 1.86 bits per heavy atom.